The van der Waals surface area contributed by atoms with E-state index in [4.69, 9.17) is 4.42 Å². The fraction of sp³-hybridized carbons (Fsp3) is 0.227. The normalized spacial score (nSPS) is 15.0. The molecule has 0 saturated heterocycles. The zero-order valence-corrected chi connectivity index (χ0v) is 15.1. The van der Waals surface area contributed by atoms with Gasteiger partial charge in [-0.2, -0.15) is 0 Å². The molecule has 0 radical (unpaired) electrons. The molecule has 0 bridgehead atoms. The Balaban J connectivity index is 1.44. The fourth-order valence-electron chi connectivity index (χ4n) is 3.56. The van der Waals surface area contributed by atoms with Crippen molar-refractivity contribution in [3.8, 4) is 0 Å². The Morgan fingerprint density at radius 1 is 1.00 bits per heavy atom. The van der Waals surface area contributed by atoms with Gasteiger partial charge in [-0.25, -0.2) is 4.79 Å². The maximum absolute atomic E-state index is 12.3. The maximum Gasteiger partial charge on any atom is 0.319 e. The summed E-state index contributed by atoms with van der Waals surface area (Å²) < 4.78 is 5.67. The van der Waals surface area contributed by atoms with Crippen molar-refractivity contribution in [2.45, 2.75) is 19.0 Å². The number of rotatable bonds is 5. The zero-order chi connectivity index (χ0) is 18.5. The topological polar surface area (TPSA) is 57.5 Å². The molecule has 2 N–H and O–H groups in total. The van der Waals surface area contributed by atoms with E-state index in [1.165, 1.54) is 11.1 Å². The third kappa shape index (κ3) is 4.20. The predicted molar refractivity (Wildman–Crippen MR) is 105 cm³/mol. The molecule has 1 aliphatic rings. The number of amides is 2. The van der Waals surface area contributed by atoms with Gasteiger partial charge in [0, 0.05) is 25.3 Å². The van der Waals surface area contributed by atoms with Crippen molar-refractivity contribution in [3.63, 3.8) is 0 Å². The summed E-state index contributed by atoms with van der Waals surface area (Å²) >= 11 is 0. The first-order valence-corrected chi connectivity index (χ1v) is 9.24. The number of carbonyl (C=O) groups is 1. The number of hydrogen-bond acceptors (Lipinski definition) is 3. The summed E-state index contributed by atoms with van der Waals surface area (Å²) in [5.41, 5.74) is 3.52. The van der Waals surface area contributed by atoms with Gasteiger partial charge in [-0.05, 0) is 41.8 Å². The van der Waals surface area contributed by atoms with Crippen molar-refractivity contribution in [1.29, 1.82) is 0 Å². The van der Waals surface area contributed by atoms with Crippen LogP contribution in [-0.2, 0) is 13.0 Å². The highest BCUT2D eigenvalue weighted by atomic mass is 16.3. The van der Waals surface area contributed by atoms with Crippen molar-refractivity contribution >= 4 is 11.7 Å². The maximum atomic E-state index is 12.3. The van der Waals surface area contributed by atoms with E-state index in [9.17, 15) is 4.79 Å². The van der Waals surface area contributed by atoms with Crippen LogP contribution in [0.4, 0.5) is 10.5 Å². The van der Waals surface area contributed by atoms with Crippen LogP contribution in [0.25, 0.3) is 0 Å². The number of benzene rings is 2. The summed E-state index contributed by atoms with van der Waals surface area (Å²) in [7, 11) is 0. The zero-order valence-electron chi connectivity index (χ0n) is 15.1. The minimum absolute atomic E-state index is 0.00474. The van der Waals surface area contributed by atoms with Crippen molar-refractivity contribution < 1.29 is 9.21 Å². The molecule has 1 aliphatic heterocycles. The average Bonchev–Trinajstić information content (AvgIpc) is 3.23. The molecule has 5 nitrogen and oxygen atoms in total. The van der Waals surface area contributed by atoms with Crippen molar-refractivity contribution in [2.75, 3.05) is 18.4 Å². The monoisotopic (exact) mass is 361 g/mol. The molecule has 0 saturated carbocycles. The molecule has 1 aromatic heterocycles. The van der Waals surface area contributed by atoms with E-state index in [1.807, 2.05) is 42.5 Å². The molecular weight excluding hydrogens is 338 g/mol. The summed E-state index contributed by atoms with van der Waals surface area (Å²) in [6.07, 6.45) is 2.69. The van der Waals surface area contributed by atoms with E-state index in [2.05, 4.69) is 39.8 Å². The largest absolute Gasteiger partial charge is 0.468 e. The lowest BCUT2D eigenvalue weighted by atomic mass is 9.98. The molecule has 0 spiro atoms. The second kappa shape index (κ2) is 8.10. The summed E-state index contributed by atoms with van der Waals surface area (Å²) in [4.78, 5) is 14.7. The van der Waals surface area contributed by atoms with Crippen LogP contribution >= 0.6 is 0 Å². The lowest BCUT2D eigenvalue weighted by molar-refractivity contribution is 0.156. The molecule has 2 heterocycles. The van der Waals surface area contributed by atoms with Gasteiger partial charge >= 0.3 is 6.03 Å². The first kappa shape index (κ1) is 17.4. The van der Waals surface area contributed by atoms with E-state index >= 15 is 0 Å². The SMILES string of the molecule is O=C(NC[C@@H](c1ccco1)N1CCc2ccccc2C1)Nc1ccccc1. The summed E-state index contributed by atoms with van der Waals surface area (Å²) in [6.45, 7) is 2.27. The predicted octanol–water partition coefficient (Wildman–Crippen LogP) is 4.20. The van der Waals surface area contributed by atoms with Crippen molar-refractivity contribution in [3.05, 3.63) is 89.9 Å². The Morgan fingerprint density at radius 2 is 1.78 bits per heavy atom. The Morgan fingerprint density at radius 3 is 2.56 bits per heavy atom. The van der Waals surface area contributed by atoms with Crippen LogP contribution in [0.15, 0.2) is 77.4 Å². The van der Waals surface area contributed by atoms with Crippen LogP contribution in [0.3, 0.4) is 0 Å². The summed E-state index contributed by atoms with van der Waals surface area (Å²) in [6, 6.07) is 21.6. The molecule has 4 rings (SSSR count). The lowest BCUT2D eigenvalue weighted by Gasteiger charge is -2.34. The molecule has 0 fully saturated rings. The van der Waals surface area contributed by atoms with E-state index in [0.717, 1.165) is 31.0 Å². The van der Waals surface area contributed by atoms with Crippen LogP contribution < -0.4 is 10.6 Å². The Kier molecular flexibility index (Phi) is 5.21. The Bertz CT molecular complexity index is 878. The number of para-hydroxylation sites is 1. The van der Waals surface area contributed by atoms with Crippen LogP contribution in [0.2, 0.25) is 0 Å². The van der Waals surface area contributed by atoms with Gasteiger partial charge in [0.05, 0.1) is 12.3 Å². The molecule has 1 atom stereocenters. The van der Waals surface area contributed by atoms with Gasteiger partial charge in [0.1, 0.15) is 5.76 Å². The fourth-order valence-corrected chi connectivity index (χ4v) is 3.56. The number of fused-ring (bicyclic) bond motifs is 1. The number of hydrogen-bond donors (Lipinski definition) is 2. The highest BCUT2D eigenvalue weighted by molar-refractivity contribution is 5.89. The molecule has 2 aromatic carbocycles. The minimum Gasteiger partial charge on any atom is -0.468 e. The molecule has 0 unspecified atom stereocenters. The highest BCUT2D eigenvalue weighted by Gasteiger charge is 2.27. The quantitative estimate of drug-likeness (QED) is 0.716. The number of nitrogens with zero attached hydrogens (tertiary/aromatic N) is 1. The van der Waals surface area contributed by atoms with Crippen LogP contribution in [-0.4, -0.2) is 24.0 Å². The number of anilines is 1. The van der Waals surface area contributed by atoms with Gasteiger partial charge in [0.15, 0.2) is 0 Å². The number of urea groups is 1. The Labute approximate surface area is 159 Å². The van der Waals surface area contributed by atoms with Gasteiger partial charge in [0.25, 0.3) is 0 Å². The first-order chi connectivity index (χ1) is 13.3. The summed E-state index contributed by atoms with van der Waals surface area (Å²) in [5.74, 6) is 0.870. The second-order valence-corrected chi connectivity index (χ2v) is 6.72. The molecule has 138 valence electrons. The minimum atomic E-state index is -0.213. The van der Waals surface area contributed by atoms with Gasteiger partial charge in [-0.1, -0.05) is 42.5 Å². The van der Waals surface area contributed by atoms with Crippen LogP contribution in [0, 0.1) is 0 Å². The molecular formula is C22H23N3O2. The number of furan rings is 1. The van der Waals surface area contributed by atoms with Gasteiger partial charge in [-0.3, -0.25) is 4.90 Å². The second-order valence-electron chi connectivity index (χ2n) is 6.72. The van der Waals surface area contributed by atoms with Crippen molar-refractivity contribution in [2.24, 2.45) is 0 Å². The molecule has 2 amide bonds. The molecule has 5 heteroatoms. The van der Waals surface area contributed by atoms with E-state index in [0.29, 0.717) is 6.54 Å². The van der Waals surface area contributed by atoms with Crippen molar-refractivity contribution in [1.82, 2.24) is 10.2 Å². The molecule has 0 aliphatic carbocycles. The standard InChI is InChI=1S/C22H23N3O2/c26-22(24-19-9-2-1-3-10-19)23-15-20(21-11-6-14-27-21)25-13-12-17-7-4-5-8-18(17)16-25/h1-11,14,20H,12-13,15-16H2,(H2,23,24,26)/t20-/m0/s1. The van der Waals surface area contributed by atoms with Gasteiger partial charge in [0.2, 0.25) is 0 Å². The molecule has 27 heavy (non-hydrogen) atoms. The third-order valence-corrected chi connectivity index (χ3v) is 4.96. The van der Waals surface area contributed by atoms with Crippen LogP contribution in [0.5, 0.6) is 0 Å². The lowest BCUT2D eigenvalue weighted by Crippen LogP contribution is -2.41. The van der Waals surface area contributed by atoms with E-state index in [-0.39, 0.29) is 12.1 Å². The number of nitrogens with one attached hydrogen (secondary N) is 2. The molecule has 3 aromatic rings. The van der Waals surface area contributed by atoms with E-state index in [1.54, 1.807) is 6.26 Å². The third-order valence-electron chi connectivity index (χ3n) is 4.96. The Hall–Kier alpha value is -3.05. The van der Waals surface area contributed by atoms with E-state index < -0.39 is 0 Å². The smallest absolute Gasteiger partial charge is 0.319 e. The van der Waals surface area contributed by atoms with Gasteiger partial charge in [-0.15, -0.1) is 0 Å². The van der Waals surface area contributed by atoms with Gasteiger partial charge < -0.3 is 15.1 Å². The van der Waals surface area contributed by atoms with Crippen LogP contribution in [0.1, 0.15) is 22.9 Å². The first-order valence-electron chi connectivity index (χ1n) is 9.24. The highest BCUT2D eigenvalue weighted by Crippen LogP contribution is 2.27. The number of carbonyl (C=O) groups excluding carboxylic acids is 1. The average molecular weight is 361 g/mol. The summed E-state index contributed by atoms with van der Waals surface area (Å²) in [5, 5.41) is 5.85.